The van der Waals surface area contributed by atoms with Crippen molar-refractivity contribution in [2.24, 2.45) is 0 Å². The molecule has 1 aliphatic rings. The number of hydrogen-bond acceptors (Lipinski definition) is 4. The van der Waals surface area contributed by atoms with Crippen molar-refractivity contribution in [2.45, 2.75) is 38.3 Å². The van der Waals surface area contributed by atoms with E-state index < -0.39 is 0 Å². The second kappa shape index (κ2) is 5.05. The molecule has 84 valence electrons. The highest BCUT2D eigenvalue weighted by Crippen LogP contribution is 2.24. The fourth-order valence-corrected chi connectivity index (χ4v) is 2.81. The van der Waals surface area contributed by atoms with Gasteiger partial charge in [0.15, 0.2) is 0 Å². The molecule has 2 rings (SSSR count). The molecule has 4 heteroatoms. The Labute approximate surface area is 94.9 Å². The summed E-state index contributed by atoms with van der Waals surface area (Å²) < 4.78 is 5.60. The number of hydrogen-bond donors (Lipinski definition) is 1. The first-order valence-electron chi connectivity index (χ1n) is 5.53. The van der Waals surface area contributed by atoms with Gasteiger partial charge in [-0.15, -0.1) is 11.3 Å². The molecule has 1 fully saturated rings. The largest absolute Gasteiger partial charge is 0.378 e. The standard InChI is InChI=1S/C11H18N2OS/c1-8(12-2)10-7-13-11(15-10)6-9-4-3-5-14-9/h7-9,12H,3-6H2,1-2H3. The molecule has 2 unspecified atom stereocenters. The van der Waals surface area contributed by atoms with Crippen LogP contribution in [0.25, 0.3) is 0 Å². The van der Waals surface area contributed by atoms with Gasteiger partial charge in [-0.25, -0.2) is 4.98 Å². The van der Waals surface area contributed by atoms with Crippen molar-refractivity contribution >= 4 is 11.3 Å². The van der Waals surface area contributed by atoms with Crippen LogP contribution in [0.5, 0.6) is 0 Å². The van der Waals surface area contributed by atoms with Crippen molar-refractivity contribution < 1.29 is 4.74 Å². The third kappa shape index (κ3) is 2.77. The molecular formula is C11H18N2OS. The first kappa shape index (κ1) is 11.0. The van der Waals surface area contributed by atoms with Crippen LogP contribution in [0.15, 0.2) is 6.20 Å². The van der Waals surface area contributed by atoms with Gasteiger partial charge in [0.05, 0.1) is 11.1 Å². The molecule has 0 bridgehead atoms. The summed E-state index contributed by atoms with van der Waals surface area (Å²) in [4.78, 5) is 5.76. The van der Waals surface area contributed by atoms with Crippen molar-refractivity contribution in [2.75, 3.05) is 13.7 Å². The van der Waals surface area contributed by atoms with Gasteiger partial charge in [-0.05, 0) is 26.8 Å². The predicted molar refractivity (Wildman–Crippen MR) is 62.3 cm³/mol. The second-order valence-corrected chi connectivity index (χ2v) is 5.15. The molecular weight excluding hydrogens is 208 g/mol. The fraction of sp³-hybridized carbons (Fsp3) is 0.727. The van der Waals surface area contributed by atoms with Crippen molar-refractivity contribution in [1.82, 2.24) is 10.3 Å². The van der Waals surface area contributed by atoms with Gasteiger partial charge in [-0.3, -0.25) is 0 Å². The highest BCUT2D eigenvalue weighted by Gasteiger charge is 2.18. The summed E-state index contributed by atoms with van der Waals surface area (Å²) in [6.07, 6.45) is 5.78. The minimum Gasteiger partial charge on any atom is -0.378 e. The molecule has 0 spiro atoms. The second-order valence-electron chi connectivity index (χ2n) is 4.01. The van der Waals surface area contributed by atoms with E-state index in [0.29, 0.717) is 12.1 Å². The lowest BCUT2D eigenvalue weighted by atomic mass is 10.2. The normalized spacial score (nSPS) is 23.2. The molecule has 1 aromatic heterocycles. The van der Waals surface area contributed by atoms with E-state index in [2.05, 4.69) is 17.2 Å². The van der Waals surface area contributed by atoms with Gasteiger partial charge < -0.3 is 10.1 Å². The Kier molecular flexibility index (Phi) is 3.72. The van der Waals surface area contributed by atoms with Gasteiger partial charge in [0.2, 0.25) is 0 Å². The summed E-state index contributed by atoms with van der Waals surface area (Å²) in [5.74, 6) is 0. The minimum atomic E-state index is 0.403. The number of ether oxygens (including phenoxy) is 1. The lowest BCUT2D eigenvalue weighted by Crippen LogP contribution is -2.10. The maximum absolute atomic E-state index is 5.60. The molecule has 3 nitrogen and oxygen atoms in total. The van der Waals surface area contributed by atoms with Crippen LogP contribution in [0.4, 0.5) is 0 Å². The zero-order chi connectivity index (χ0) is 10.7. The summed E-state index contributed by atoms with van der Waals surface area (Å²) in [5.41, 5.74) is 0. The Bertz CT molecular complexity index is 307. The first-order valence-corrected chi connectivity index (χ1v) is 6.34. The van der Waals surface area contributed by atoms with E-state index in [0.717, 1.165) is 13.0 Å². The number of aromatic nitrogens is 1. The zero-order valence-electron chi connectivity index (χ0n) is 9.32. The molecule has 15 heavy (non-hydrogen) atoms. The van der Waals surface area contributed by atoms with Crippen LogP contribution in [0.2, 0.25) is 0 Å². The van der Waals surface area contributed by atoms with E-state index in [9.17, 15) is 0 Å². The molecule has 0 aromatic carbocycles. The van der Waals surface area contributed by atoms with E-state index in [4.69, 9.17) is 4.74 Å². The monoisotopic (exact) mass is 226 g/mol. The minimum absolute atomic E-state index is 0.403. The number of rotatable bonds is 4. The van der Waals surface area contributed by atoms with Crippen LogP contribution in [-0.2, 0) is 11.2 Å². The average molecular weight is 226 g/mol. The SMILES string of the molecule is CNC(C)c1cnc(CC2CCCO2)s1. The predicted octanol–water partition coefficient (Wildman–Crippen LogP) is 2.15. The summed E-state index contributed by atoms with van der Waals surface area (Å²) in [7, 11) is 1.98. The quantitative estimate of drug-likeness (QED) is 0.854. The zero-order valence-corrected chi connectivity index (χ0v) is 10.1. The number of nitrogens with zero attached hydrogens (tertiary/aromatic N) is 1. The van der Waals surface area contributed by atoms with E-state index in [1.54, 1.807) is 11.3 Å². The Morgan fingerprint density at radius 1 is 1.73 bits per heavy atom. The van der Waals surface area contributed by atoms with Gasteiger partial charge in [-0.2, -0.15) is 0 Å². The molecule has 1 aliphatic heterocycles. The smallest absolute Gasteiger partial charge is 0.0954 e. The van der Waals surface area contributed by atoms with E-state index in [-0.39, 0.29) is 0 Å². The third-order valence-electron chi connectivity index (χ3n) is 2.86. The summed E-state index contributed by atoms with van der Waals surface area (Å²) in [6, 6.07) is 0.403. The molecule has 1 aromatic rings. The van der Waals surface area contributed by atoms with Crippen molar-refractivity contribution in [3.63, 3.8) is 0 Å². The van der Waals surface area contributed by atoms with E-state index in [1.165, 1.54) is 22.7 Å². The van der Waals surface area contributed by atoms with Crippen LogP contribution in [0, 0.1) is 0 Å². The Morgan fingerprint density at radius 3 is 3.27 bits per heavy atom. The molecule has 0 saturated carbocycles. The van der Waals surface area contributed by atoms with Gasteiger partial charge in [0, 0.05) is 30.1 Å². The van der Waals surface area contributed by atoms with E-state index in [1.807, 2.05) is 13.2 Å². The fourth-order valence-electron chi connectivity index (χ4n) is 1.76. The first-order chi connectivity index (χ1) is 7.29. The lowest BCUT2D eigenvalue weighted by molar-refractivity contribution is 0.111. The van der Waals surface area contributed by atoms with Crippen molar-refractivity contribution in [3.05, 3.63) is 16.1 Å². The van der Waals surface area contributed by atoms with Crippen LogP contribution in [0.1, 0.15) is 35.7 Å². The Balaban J connectivity index is 1.94. The average Bonchev–Trinajstić information content (AvgIpc) is 2.88. The maximum Gasteiger partial charge on any atom is 0.0954 e. The number of nitrogens with one attached hydrogen (secondary N) is 1. The molecule has 1 saturated heterocycles. The van der Waals surface area contributed by atoms with Gasteiger partial charge in [-0.1, -0.05) is 0 Å². The molecule has 2 heterocycles. The lowest BCUT2D eigenvalue weighted by Gasteiger charge is -2.06. The van der Waals surface area contributed by atoms with Crippen LogP contribution < -0.4 is 5.32 Å². The van der Waals surface area contributed by atoms with Gasteiger partial charge in [0.25, 0.3) is 0 Å². The summed E-state index contributed by atoms with van der Waals surface area (Å²) >= 11 is 1.80. The van der Waals surface area contributed by atoms with Crippen molar-refractivity contribution in [3.8, 4) is 0 Å². The van der Waals surface area contributed by atoms with Crippen LogP contribution >= 0.6 is 11.3 Å². The Hall–Kier alpha value is -0.450. The molecule has 0 aliphatic carbocycles. The van der Waals surface area contributed by atoms with Crippen LogP contribution in [0.3, 0.4) is 0 Å². The Morgan fingerprint density at radius 2 is 2.60 bits per heavy atom. The highest BCUT2D eigenvalue weighted by atomic mass is 32.1. The molecule has 2 atom stereocenters. The van der Waals surface area contributed by atoms with Crippen molar-refractivity contribution in [1.29, 1.82) is 0 Å². The summed E-state index contributed by atoms with van der Waals surface area (Å²) in [6.45, 7) is 3.08. The summed E-state index contributed by atoms with van der Waals surface area (Å²) in [5, 5.41) is 4.43. The van der Waals surface area contributed by atoms with E-state index >= 15 is 0 Å². The highest BCUT2D eigenvalue weighted by molar-refractivity contribution is 7.11. The maximum atomic E-state index is 5.60. The number of thiazole rings is 1. The molecule has 0 radical (unpaired) electrons. The topological polar surface area (TPSA) is 34.2 Å². The molecule has 0 amide bonds. The van der Waals surface area contributed by atoms with Gasteiger partial charge >= 0.3 is 0 Å². The van der Waals surface area contributed by atoms with Gasteiger partial charge in [0.1, 0.15) is 0 Å². The third-order valence-corrected chi connectivity index (χ3v) is 4.06. The van der Waals surface area contributed by atoms with Crippen LogP contribution in [-0.4, -0.2) is 24.7 Å². The molecule has 1 N–H and O–H groups in total.